The van der Waals surface area contributed by atoms with Gasteiger partial charge < -0.3 is 0 Å². The lowest BCUT2D eigenvalue weighted by atomic mass is 10.1. The molecule has 0 saturated carbocycles. The third kappa shape index (κ3) is 4.37. The van der Waals surface area contributed by atoms with Crippen LogP contribution in [0.1, 0.15) is 36.8 Å². The topological polar surface area (TPSA) is 78.0 Å². The molecule has 0 aliphatic carbocycles. The predicted molar refractivity (Wildman–Crippen MR) is 105 cm³/mol. The van der Waals surface area contributed by atoms with Gasteiger partial charge in [0.15, 0.2) is 0 Å². The van der Waals surface area contributed by atoms with Crippen molar-refractivity contribution in [2.75, 3.05) is 39.3 Å². The van der Waals surface area contributed by atoms with Crippen LogP contribution in [0.2, 0.25) is 0 Å². The molecular formula is C18H29N3O4S2. The second-order valence-corrected chi connectivity index (χ2v) is 11.2. The van der Waals surface area contributed by atoms with Crippen molar-refractivity contribution in [2.24, 2.45) is 0 Å². The van der Waals surface area contributed by atoms with E-state index < -0.39 is 20.2 Å². The lowest BCUT2D eigenvalue weighted by Gasteiger charge is -2.36. The predicted octanol–water partition coefficient (Wildman–Crippen LogP) is 1.73. The monoisotopic (exact) mass is 415 g/mol. The molecule has 0 atom stereocenters. The number of hydrogen-bond acceptors (Lipinski definition) is 4. The molecule has 0 unspecified atom stereocenters. The van der Waals surface area contributed by atoms with Gasteiger partial charge in [-0.1, -0.05) is 18.9 Å². The van der Waals surface area contributed by atoms with Crippen molar-refractivity contribution in [3.8, 4) is 0 Å². The molecule has 152 valence electrons. The van der Waals surface area contributed by atoms with Crippen molar-refractivity contribution in [3.05, 3.63) is 29.3 Å². The van der Waals surface area contributed by atoms with Crippen molar-refractivity contribution < 1.29 is 16.8 Å². The van der Waals surface area contributed by atoms with Crippen molar-refractivity contribution in [1.29, 1.82) is 0 Å². The van der Waals surface area contributed by atoms with Gasteiger partial charge in [0, 0.05) is 39.3 Å². The third-order valence-corrected chi connectivity index (χ3v) is 9.46. The Hall–Kier alpha value is -1.00. The second-order valence-electron chi connectivity index (χ2n) is 7.37. The van der Waals surface area contributed by atoms with Crippen LogP contribution in [0.4, 0.5) is 0 Å². The minimum atomic E-state index is -3.60. The second kappa shape index (κ2) is 8.16. The highest BCUT2D eigenvalue weighted by atomic mass is 32.2. The highest BCUT2D eigenvalue weighted by Gasteiger charge is 2.36. The fourth-order valence-electron chi connectivity index (χ4n) is 3.60. The summed E-state index contributed by atoms with van der Waals surface area (Å²) in [6.07, 6.45) is 3.91. The van der Waals surface area contributed by atoms with Crippen LogP contribution < -0.4 is 0 Å². The summed E-state index contributed by atoms with van der Waals surface area (Å²) in [5, 5.41) is 0. The largest absolute Gasteiger partial charge is 0.282 e. The number of piperazine rings is 1. The zero-order valence-corrected chi connectivity index (χ0v) is 17.7. The van der Waals surface area contributed by atoms with Crippen molar-refractivity contribution >= 4 is 20.2 Å². The van der Waals surface area contributed by atoms with Crippen molar-refractivity contribution in [1.82, 2.24) is 12.9 Å². The molecule has 2 aliphatic heterocycles. The average Bonchev–Trinajstić information content (AvgIpc) is 2.94. The fourth-order valence-corrected chi connectivity index (χ4v) is 6.78. The molecule has 1 aromatic rings. The molecule has 7 nitrogen and oxygen atoms in total. The van der Waals surface area contributed by atoms with Crippen LogP contribution in [0, 0.1) is 13.8 Å². The van der Waals surface area contributed by atoms with Gasteiger partial charge in [0.2, 0.25) is 10.0 Å². The van der Waals surface area contributed by atoms with Gasteiger partial charge in [0.1, 0.15) is 0 Å². The molecule has 2 saturated heterocycles. The van der Waals surface area contributed by atoms with Gasteiger partial charge in [-0.15, -0.1) is 0 Å². The van der Waals surface area contributed by atoms with Crippen LogP contribution in [-0.4, -0.2) is 69.0 Å². The molecule has 3 rings (SSSR count). The van der Waals surface area contributed by atoms with Gasteiger partial charge in [-0.3, -0.25) is 0 Å². The molecule has 0 bridgehead atoms. The smallest absolute Gasteiger partial charge is 0.207 e. The summed E-state index contributed by atoms with van der Waals surface area (Å²) in [4.78, 5) is 0.273. The number of rotatable bonds is 4. The van der Waals surface area contributed by atoms with E-state index in [0.29, 0.717) is 13.1 Å². The van der Waals surface area contributed by atoms with E-state index in [1.54, 1.807) is 16.4 Å². The lowest BCUT2D eigenvalue weighted by molar-refractivity contribution is 0.254. The molecule has 2 heterocycles. The summed E-state index contributed by atoms with van der Waals surface area (Å²) in [6, 6.07) is 5.12. The Bertz CT molecular complexity index is 868. The van der Waals surface area contributed by atoms with Crippen molar-refractivity contribution in [3.63, 3.8) is 0 Å². The van der Waals surface area contributed by atoms with Crippen LogP contribution in [0.3, 0.4) is 0 Å². The minimum absolute atomic E-state index is 0.183. The number of hydrogen-bond donors (Lipinski definition) is 0. The molecular weight excluding hydrogens is 386 g/mol. The summed E-state index contributed by atoms with van der Waals surface area (Å²) >= 11 is 0. The SMILES string of the molecule is Cc1ccc(S(=O)(=O)N2CCN(S(=O)(=O)N3CCCCCC3)CC2)cc1C. The van der Waals surface area contributed by atoms with E-state index in [1.807, 2.05) is 19.9 Å². The third-order valence-electron chi connectivity index (χ3n) is 5.53. The van der Waals surface area contributed by atoms with Crippen LogP contribution in [-0.2, 0) is 20.2 Å². The maximum atomic E-state index is 12.9. The first kappa shape index (κ1) is 20.7. The average molecular weight is 416 g/mol. The van der Waals surface area contributed by atoms with Gasteiger partial charge in [-0.2, -0.15) is 21.3 Å². The molecule has 0 N–H and O–H groups in total. The normalized spacial score (nSPS) is 21.9. The summed E-state index contributed by atoms with van der Waals surface area (Å²) in [7, 11) is -7.11. The molecule has 9 heteroatoms. The Kier molecular flexibility index (Phi) is 6.27. The summed E-state index contributed by atoms with van der Waals surface area (Å²) < 4.78 is 56.0. The van der Waals surface area contributed by atoms with Crippen LogP contribution in [0.15, 0.2) is 23.1 Å². The first-order valence-electron chi connectivity index (χ1n) is 9.55. The Morgan fingerprint density at radius 2 is 1.19 bits per heavy atom. The zero-order chi connectivity index (χ0) is 19.7. The maximum Gasteiger partial charge on any atom is 0.282 e. The highest BCUT2D eigenvalue weighted by Crippen LogP contribution is 2.23. The summed E-state index contributed by atoms with van der Waals surface area (Å²) in [5.74, 6) is 0. The van der Waals surface area contributed by atoms with Crippen molar-refractivity contribution in [2.45, 2.75) is 44.4 Å². The molecule has 2 fully saturated rings. The van der Waals surface area contributed by atoms with Crippen LogP contribution in [0.5, 0.6) is 0 Å². The quantitative estimate of drug-likeness (QED) is 0.750. The van der Waals surface area contributed by atoms with E-state index >= 15 is 0 Å². The van der Waals surface area contributed by atoms with E-state index in [-0.39, 0.29) is 31.1 Å². The van der Waals surface area contributed by atoms with Gasteiger partial charge in [0.05, 0.1) is 4.90 Å². The number of benzene rings is 1. The van der Waals surface area contributed by atoms with Crippen LogP contribution >= 0.6 is 0 Å². The molecule has 2 aliphatic rings. The Morgan fingerprint density at radius 3 is 1.74 bits per heavy atom. The van der Waals surface area contributed by atoms with Gasteiger partial charge in [0.25, 0.3) is 10.2 Å². The van der Waals surface area contributed by atoms with E-state index in [9.17, 15) is 16.8 Å². The fraction of sp³-hybridized carbons (Fsp3) is 0.667. The Balaban J connectivity index is 1.69. The number of aryl methyl sites for hydroxylation is 2. The first-order chi connectivity index (χ1) is 12.7. The molecule has 27 heavy (non-hydrogen) atoms. The van der Waals surface area contributed by atoms with E-state index in [1.165, 1.54) is 8.61 Å². The van der Waals surface area contributed by atoms with E-state index in [4.69, 9.17) is 0 Å². The minimum Gasteiger partial charge on any atom is -0.207 e. The van der Waals surface area contributed by atoms with Crippen LogP contribution in [0.25, 0.3) is 0 Å². The van der Waals surface area contributed by atoms with Gasteiger partial charge in [-0.25, -0.2) is 8.42 Å². The Morgan fingerprint density at radius 1 is 0.667 bits per heavy atom. The standard InChI is InChI=1S/C18H29N3O4S2/c1-16-7-8-18(15-17(16)2)26(22,23)19-11-13-21(14-12-19)27(24,25)20-9-5-3-4-6-10-20/h7-8,15H,3-6,9-14H2,1-2H3. The molecule has 0 spiro atoms. The highest BCUT2D eigenvalue weighted by molar-refractivity contribution is 7.89. The summed E-state index contributed by atoms with van der Waals surface area (Å²) in [6.45, 7) is 5.71. The summed E-state index contributed by atoms with van der Waals surface area (Å²) in [5.41, 5.74) is 1.97. The zero-order valence-electron chi connectivity index (χ0n) is 16.1. The number of sulfonamides is 1. The van der Waals surface area contributed by atoms with Gasteiger partial charge in [-0.05, 0) is 49.9 Å². The molecule has 0 amide bonds. The lowest BCUT2D eigenvalue weighted by Crippen LogP contribution is -2.54. The van der Waals surface area contributed by atoms with E-state index in [0.717, 1.165) is 36.8 Å². The molecule has 0 aromatic heterocycles. The van der Waals surface area contributed by atoms with E-state index in [2.05, 4.69) is 0 Å². The number of nitrogens with zero attached hydrogens (tertiary/aromatic N) is 3. The molecule has 1 aromatic carbocycles. The Labute approximate surface area is 163 Å². The van der Waals surface area contributed by atoms with Gasteiger partial charge >= 0.3 is 0 Å². The maximum absolute atomic E-state index is 12.9. The first-order valence-corrected chi connectivity index (χ1v) is 12.4. The molecule has 0 radical (unpaired) electrons.